The molecule has 0 aliphatic carbocycles. The molecule has 0 saturated carbocycles. The number of halogens is 1. The summed E-state index contributed by atoms with van der Waals surface area (Å²) in [5.41, 5.74) is 6.98. The van der Waals surface area contributed by atoms with Crippen molar-refractivity contribution in [1.82, 2.24) is 10.4 Å². The van der Waals surface area contributed by atoms with Crippen LogP contribution in [-0.2, 0) is 5.88 Å². The fraction of sp³-hybridized carbons (Fsp3) is 0.267. The Bertz CT molecular complexity index is 544. The maximum atomic E-state index is 6.04. The number of benzene rings is 1. The zero-order valence-corrected chi connectivity index (χ0v) is 11.3. The minimum Gasteiger partial charge on any atom is -0.301 e. The molecule has 0 bridgehead atoms. The summed E-state index contributed by atoms with van der Waals surface area (Å²) in [6.45, 7) is 0.968. The molecule has 19 heavy (non-hydrogen) atoms. The molecule has 1 fully saturated rings. The third kappa shape index (κ3) is 2.44. The smallest absolute Gasteiger partial charge is 0.0732 e. The summed E-state index contributed by atoms with van der Waals surface area (Å²) in [7, 11) is 0. The molecule has 1 saturated heterocycles. The van der Waals surface area contributed by atoms with E-state index < -0.39 is 0 Å². The number of hydrogen-bond donors (Lipinski definition) is 1. The Morgan fingerprint density at radius 1 is 1.26 bits per heavy atom. The summed E-state index contributed by atoms with van der Waals surface area (Å²) >= 11 is 6.04. The normalized spacial score (nSPS) is 18.8. The summed E-state index contributed by atoms with van der Waals surface area (Å²) in [6.07, 6.45) is 4.82. The lowest BCUT2D eigenvalue weighted by Crippen LogP contribution is -2.33. The van der Waals surface area contributed by atoms with E-state index >= 15 is 0 Å². The van der Waals surface area contributed by atoms with E-state index in [9.17, 15) is 0 Å². The second-order valence-corrected chi connectivity index (χ2v) is 4.90. The molecule has 0 radical (unpaired) electrons. The summed E-state index contributed by atoms with van der Waals surface area (Å²) < 4.78 is 0. The van der Waals surface area contributed by atoms with Crippen molar-refractivity contribution in [2.24, 2.45) is 0 Å². The first-order chi connectivity index (χ1) is 9.40. The van der Waals surface area contributed by atoms with Gasteiger partial charge in [0.25, 0.3) is 0 Å². The first-order valence-corrected chi connectivity index (χ1v) is 7.00. The topological polar surface area (TPSA) is 28.2 Å². The average Bonchev–Trinajstić information content (AvgIpc) is 2.97. The molecule has 1 unspecified atom stereocenters. The SMILES string of the molecule is ClCc1ccccc1N1NCCC1c1cccnc1. The minimum atomic E-state index is 0.318. The summed E-state index contributed by atoms with van der Waals surface area (Å²) in [5, 5.41) is 2.22. The molecule has 0 spiro atoms. The number of pyridine rings is 1. The van der Waals surface area contributed by atoms with Gasteiger partial charge in [-0.1, -0.05) is 24.3 Å². The van der Waals surface area contributed by atoms with Crippen molar-refractivity contribution in [3.05, 3.63) is 59.9 Å². The fourth-order valence-electron chi connectivity index (χ4n) is 2.56. The zero-order valence-electron chi connectivity index (χ0n) is 10.6. The number of para-hydroxylation sites is 1. The number of nitrogens with one attached hydrogen (secondary N) is 1. The number of rotatable bonds is 3. The second kappa shape index (κ2) is 5.59. The monoisotopic (exact) mass is 273 g/mol. The van der Waals surface area contributed by atoms with Gasteiger partial charge in [0.2, 0.25) is 0 Å². The maximum absolute atomic E-state index is 6.04. The van der Waals surface area contributed by atoms with Gasteiger partial charge < -0.3 is 5.01 Å². The maximum Gasteiger partial charge on any atom is 0.0732 e. The van der Waals surface area contributed by atoms with Crippen LogP contribution in [0.4, 0.5) is 5.69 Å². The highest BCUT2D eigenvalue weighted by Gasteiger charge is 2.27. The standard InChI is InChI=1S/C15H16ClN3/c16-10-12-4-1-2-6-14(12)19-15(7-9-18-19)13-5-3-8-17-11-13/h1-6,8,11,15,18H,7,9-10H2. The third-order valence-corrected chi connectivity index (χ3v) is 3.76. The molecule has 1 aliphatic heterocycles. The van der Waals surface area contributed by atoms with Crippen LogP contribution < -0.4 is 10.4 Å². The first kappa shape index (κ1) is 12.5. The van der Waals surface area contributed by atoms with Crippen molar-refractivity contribution in [3.63, 3.8) is 0 Å². The molecular formula is C15H16ClN3. The Balaban J connectivity index is 1.95. The van der Waals surface area contributed by atoms with E-state index in [2.05, 4.69) is 33.6 Å². The van der Waals surface area contributed by atoms with Crippen LogP contribution in [0, 0.1) is 0 Å². The lowest BCUT2D eigenvalue weighted by molar-refractivity contribution is 0.679. The molecule has 3 nitrogen and oxygen atoms in total. The van der Waals surface area contributed by atoms with Gasteiger partial charge in [-0.15, -0.1) is 11.6 Å². The highest BCUT2D eigenvalue weighted by atomic mass is 35.5. The van der Waals surface area contributed by atoms with Gasteiger partial charge in [-0.25, -0.2) is 5.43 Å². The lowest BCUT2D eigenvalue weighted by Gasteiger charge is -2.28. The lowest BCUT2D eigenvalue weighted by atomic mass is 10.1. The molecule has 1 N–H and O–H groups in total. The van der Waals surface area contributed by atoms with Crippen molar-refractivity contribution in [2.45, 2.75) is 18.3 Å². The van der Waals surface area contributed by atoms with Crippen molar-refractivity contribution >= 4 is 17.3 Å². The van der Waals surface area contributed by atoms with Gasteiger partial charge in [-0.3, -0.25) is 4.98 Å². The van der Waals surface area contributed by atoms with Crippen LogP contribution >= 0.6 is 11.6 Å². The molecule has 1 atom stereocenters. The summed E-state index contributed by atoms with van der Waals surface area (Å²) in [6, 6.07) is 12.7. The molecule has 4 heteroatoms. The fourth-order valence-corrected chi connectivity index (χ4v) is 2.79. The largest absolute Gasteiger partial charge is 0.301 e. The quantitative estimate of drug-likeness (QED) is 0.870. The Morgan fingerprint density at radius 2 is 2.16 bits per heavy atom. The van der Waals surface area contributed by atoms with Gasteiger partial charge in [0.05, 0.1) is 11.7 Å². The van der Waals surface area contributed by atoms with Gasteiger partial charge >= 0.3 is 0 Å². The van der Waals surface area contributed by atoms with E-state index in [1.165, 1.54) is 5.56 Å². The molecule has 1 aromatic carbocycles. The highest BCUT2D eigenvalue weighted by Crippen LogP contribution is 2.33. The van der Waals surface area contributed by atoms with E-state index in [0.717, 1.165) is 24.2 Å². The average molecular weight is 274 g/mol. The Labute approximate surface area is 118 Å². The molecule has 0 amide bonds. The van der Waals surface area contributed by atoms with Crippen LogP contribution in [0.15, 0.2) is 48.8 Å². The highest BCUT2D eigenvalue weighted by molar-refractivity contribution is 6.17. The van der Waals surface area contributed by atoms with Gasteiger partial charge in [-0.05, 0) is 29.7 Å². The van der Waals surface area contributed by atoms with E-state index in [1.54, 1.807) is 0 Å². The van der Waals surface area contributed by atoms with Gasteiger partial charge in [0.15, 0.2) is 0 Å². The predicted molar refractivity (Wildman–Crippen MR) is 78.1 cm³/mol. The van der Waals surface area contributed by atoms with Crippen LogP contribution in [0.5, 0.6) is 0 Å². The number of hydrogen-bond acceptors (Lipinski definition) is 3. The first-order valence-electron chi connectivity index (χ1n) is 6.46. The van der Waals surface area contributed by atoms with Gasteiger partial charge in [-0.2, -0.15) is 0 Å². The van der Waals surface area contributed by atoms with Crippen molar-refractivity contribution < 1.29 is 0 Å². The van der Waals surface area contributed by atoms with Crippen molar-refractivity contribution in [1.29, 1.82) is 0 Å². The minimum absolute atomic E-state index is 0.318. The predicted octanol–water partition coefficient (Wildman–Crippen LogP) is 3.28. The number of alkyl halides is 1. The van der Waals surface area contributed by atoms with Crippen LogP contribution in [0.3, 0.4) is 0 Å². The van der Waals surface area contributed by atoms with Crippen LogP contribution in [-0.4, -0.2) is 11.5 Å². The summed E-state index contributed by atoms with van der Waals surface area (Å²) in [4.78, 5) is 4.22. The zero-order chi connectivity index (χ0) is 13.1. The van der Waals surface area contributed by atoms with E-state index in [1.807, 2.05) is 30.6 Å². The molecule has 2 heterocycles. The molecule has 2 aromatic rings. The van der Waals surface area contributed by atoms with E-state index in [0.29, 0.717) is 11.9 Å². The number of anilines is 1. The van der Waals surface area contributed by atoms with Gasteiger partial charge in [0, 0.05) is 24.8 Å². The van der Waals surface area contributed by atoms with Crippen LogP contribution in [0.25, 0.3) is 0 Å². The van der Waals surface area contributed by atoms with Crippen LogP contribution in [0.2, 0.25) is 0 Å². The number of hydrazine groups is 1. The Hall–Kier alpha value is -1.58. The van der Waals surface area contributed by atoms with Crippen molar-refractivity contribution in [3.8, 4) is 0 Å². The van der Waals surface area contributed by atoms with Crippen molar-refractivity contribution in [2.75, 3.05) is 11.6 Å². The Kier molecular flexibility index (Phi) is 3.67. The van der Waals surface area contributed by atoms with E-state index in [-0.39, 0.29) is 0 Å². The molecular weight excluding hydrogens is 258 g/mol. The third-order valence-electron chi connectivity index (χ3n) is 3.48. The molecule has 98 valence electrons. The van der Waals surface area contributed by atoms with Gasteiger partial charge in [0.1, 0.15) is 0 Å². The van der Waals surface area contributed by atoms with E-state index in [4.69, 9.17) is 11.6 Å². The Morgan fingerprint density at radius 3 is 2.95 bits per heavy atom. The molecule has 3 rings (SSSR count). The molecule has 1 aliphatic rings. The molecule has 1 aromatic heterocycles. The number of aromatic nitrogens is 1. The summed E-state index contributed by atoms with van der Waals surface area (Å²) in [5.74, 6) is 0.522. The number of nitrogens with zero attached hydrogens (tertiary/aromatic N) is 2. The second-order valence-electron chi connectivity index (χ2n) is 4.63. The van der Waals surface area contributed by atoms with Crippen LogP contribution in [0.1, 0.15) is 23.6 Å².